The number of esters is 3. The third-order valence-corrected chi connectivity index (χ3v) is 16.3. The van der Waals surface area contributed by atoms with E-state index in [4.69, 9.17) is 14.2 Å². The lowest BCUT2D eigenvalue weighted by Gasteiger charge is -2.41. The predicted octanol–water partition coefficient (Wildman–Crippen LogP) is 15.9. The van der Waals surface area contributed by atoms with Crippen molar-refractivity contribution in [1.82, 2.24) is 15.1 Å². The molecule has 0 spiro atoms. The number of rotatable bonds is 46. The Bertz CT molecular complexity index is 1610. The molecule has 0 aromatic carbocycles. The van der Waals surface area contributed by atoms with E-state index in [9.17, 15) is 24.0 Å². The van der Waals surface area contributed by atoms with Crippen molar-refractivity contribution < 1.29 is 38.2 Å². The van der Waals surface area contributed by atoms with Gasteiger partial charge in [0, 0.05) is 32.2 Å². The number of carbonyl (C=O) groups is 5. The van der Waals surface area contributed by atoms with E-state index in [1.165, 1.54) is 99.3 Å². The molecule has 0 fully saturated rings. The summed E-state index contributed by atoms with van der Waals surface area (Å²) in [6.45, 7) is 28.5. The maximum absolute atomic E-state index is 14.2. The molecule has 1 N–H and O–H groups in total. The van der Waals surface area contributed by atoms with Gasteiger partial charge in [-0.3, -0.25) is 24.1 Å². The molecule has 0 bridgehead atoms. The summed E-state index contributed by atoms with van der Waals surface area (Å²) in [6, 6.07) is 0. The first-order valence-electron chi connectivity index (χ1n) is 31.5. The predicted molar refractivity (Wildman–Crippen MR) is 321 cm³/mol. The van der Waals surface area contributed by atoms with Crippen LogP contribution in [0.4, 0.5) is 0 Å². The number of unbranched alkanes of at least 4 members (excludes halogenated alkanes) is 14. The molecule has 0 heterocycles. The van der Waals surface area contributed by atoms with Crippen LogP contribution in [0.3, 0.4) is 0 Å². The van der Waals surface area contributed by atoms with E-state index in [1.807, 2.05) is 7.05 Å². The molecule has 2 rings (SSSR count). The first kappa shape index (κ1) is 71.4. The summed E-state index contributed by atoms with van der Waals surface area (Å²) >= 11 is 0. The van der Waals surface area contributed by atoms with Crippen molar-refractivity contribution in [2.75, 3.05) is 53.0 Å². The maximum atomic E-state index is 14.2. The average Bonchev–Trinajstić information content (AvgIpc) is 3.42. The second kappa shape index (κ2) is 46.2. The smallest absolute Gasteiger partial charge is 0.306 e. The van der Waals surface area contributed by atoms with Crippen molar-refractivity contribution in [2.24, 2.45) is 11.8 Å². The Hall–Kier alpha value is -3.57. The molecule has 2 aliphatic rings. The Morgan fingerprint density at radius 1 is 0.623 bits per heavy atom. The summed E-state index contributed by atoms with van der Waals surface area (Å²) in [7, 11) is 2.04. The van der Waals surface area contributed by atoms with E-state index in [1.54, 1.807) is 0 Å². The molecule has 11 nitrogen and oxygen atoms in total. The molecule has 77 heavy (non-hydrogen) atoms. The fourth-order valence-corrected chi connectivity index (χ4v) is 10.7. The zero-order valence-corrected chi connectivity index (χ0v) is 51.0. The monoisotopic (exact) mass is 1080 g/mol. The highest BCUT2D eigenvalue weighted by Crippen LogP contribution is 2.32. The molecule has 1 amide bonds. The Kier molecular flexibility index (Phi) is 42.9. The standard InChI is InChI=1S/C43H73N3O5.C23H44O3/c1-9-12-29-44-42(49)43(45(8)30-13-14-31-46(10-2)11-3,27-15-17-40(47)50-32-36-19-23-38(24-20-36)34(4)5)28-16-18-41(48)51-33-37-21-25-39(26-22-37)35(6)7;1-3-5-7-9-11-14-18-22(19-15-12-10-8-6-4-2)26-23(25)20-16-13-17-21-24/h19,21,38-39H,4,6,9-18,20,22-33H2,1-3,5,7-8H3,(H,44,49);21-22H,3-20H2,1-2H3/t38-,39-;/m1./s1. The topological polar surface area (TPSA) is 132 Å². The number of hydrogen-bond acceptors (Lipinski definition) is 10. The van der Waals surface area contributed by atoms with E-state index in [0.717, 1.165) is 122 Å². The van der Waals surface area contributed by atoms with Gasteiger partial charge in [-0.05, 0) is 192 Å². The minimum Gasteiger partial charge on any atom is -0.462 e. The minimum atomic E-state index is -0.837. The Balaban J connectivity index is 0.000000959. The Morgan fingerprint density at radius 3 is 1.53 bits per heavy atom. The van der Waals surface area contributed by atoms with Crippen LogP contribution in [-0.4, -0.2) is 105 Å². The van der Waals surface area contributed by atoms with Gasteiger partial charge in [-0.1, -0.05) is 142 Å². The van der Waals surface area contributed by atoms with Crippen molar-refractivity contribution in [2.45, 2.75) is 278 Å². The van der Waals surface area contributed by atoms with Gasteiger partial charge in [0.1, 0.15) is 31.1 Å². The van der Waals surface area contributed by atoms with Gasteiger partial charge < -0.3 is 29.2 Å². The largest absolute Gasteiger partial charge is 0.462 e. The molecule has 0 saturated heterocycles. The van der Waals surface area contributed by atoms with Gasteiger partial charge in [-0.15, -0.1) is 0 Å². The van der Waals surface area contributed by atoms with E-state index in [2.05, 4.69) is 88.9 Å². The molecule has 11 heteroatoms. The molecule has 0 aliphatic heterocycles. The minimum absolute atomic E-state index is 0.0113. The fourth-order valence-electron chi connectivity index (χ4n) is 10.7. The Morgan fingerprint density at radius 2 is 1.09 bits per heavy atom. The summed E-state index contributed by atoms with van der Waals surface area (Å²) in [5, 5.41) is 3.22. The first-order valence-corrected chi connectivity index (χ1v) is 31.5. The second-order valence-electron chi connectivity index (χ2n) is 22.8. The SMILES string of the molecule is C=C(C)[C@@H]1CC=C(COC(=O)CCCC(CCCC(=O)OCC2=CC[C@@H](C(=C)C)CC2)(C(=O)NCCCC)N(C)CCCCN(CC)CC)CC1.CCCCCCCCC(CCCCCCCC)OC(=O)CCCCC=O. The highest BCUT2D eigenvalue weighted by molar-refractivity contribution is 5.86. The van der Waals surface area contributed by atoms with Gasteiger partial charge in [-0.2, -0.15) is 0 Å². The van der Waals surface area contributed by atoms with Crippen LogP contribution in [0.5, 0.6) is 0 Å². The molecule has 0 aromatic rings. The highest BCUT2D eigenvalue weighted by Gasteiger charge is 2.41. The van der Waals surface area contributed by atoms with Crippen LogP contribution in [0.2, 0.25) is 0 Å². The van der Waals surface area contributed by atoms with Crippen molar-refractivity contribution in [1.29, 1.82) is 0 Å². The lowest BCUT2D eigenvalue weighted by molar-refractivity contribution is -0.150. The average molecular weight is 1080 g/mol. The van der Waals surface area contributed by atoms with Gasteiger partial charge in [0.15, 0.2) is 0 Å². The number of nitrogens with one attached hydrogen (secondary N) is 1. The second-order valence-corrected chi connectivity index (χ2v) is 22.8. The number of ether oxygens (including phenoxy) is 3. The summed E-state index contributed by atoms with van der Waals surface area (Å²) in [5.74, 6) is 0.494. The number of hydrogen-bond donors (Lipinski definition) is 1. The summed E-state index contributed by atoms with van der Waals surface area (Å²) in [4.78, 5) is 67.0. The van der Waals surface area contributed by atoms with Gasteiger partial charge in [0.25, 0.3) is 0 Å². The van der Waals surface area contributed by atoms with Gasteiger partial charge in [0.05, 0.1) is 0 Å². The lowest BCUT2D eigenvalue weighted by Crippen LogP contribution is -2.58. The van der Waals surface area contributed by atoms with Crippen LogP contribution < -0.4 is 5.32 Å². The lowest BCUT2D eigenvalue weighted by atomic mass is 9.84. The van der Waals surface area contributed by atoms with Crippen LogP contribution in [0, 0.1) is 11.8 Å². The van der Waals surface area contributed by atoms with Gasteiger partial charge in [0.2, 0.25) is 5.91 Å². The first-order chi connectivity index (χ1) is 37.2. The van der Waals surface area contributed by atoms with Crippen LogP contribution in [0.1, 0.15) is 267 Å². The number of nitrogens with zero attached hydrogens (tertiary/aromatic N) is 2. The van der Waals surface area contributed by atoms with Gasteiger partial charge in [-0.25, -0.2) is 0 Å². The van der Waals surface area contributed by atoms with Crippen molar-refractivity contribution >= 4 is 30.1 Å². The molecule has 2 atom stereocenters. The molecule has 2 aliphatic carbocycles. The third-order valence-electron chi connectivity index (χ3n) is 16.3. The normalized spacial score (nSPS) is 15.6. The third kappa shape index (κ3) is 34.2. The van der Waals surface area contributed by atoms with Gasteiger partial charge >= 0.3 is 17.9 Å². The highest BCUT2D eigenvalue weighted by atomic mass is 16.5. The molecule has 0 radical (unpaired) electrons. The molecular weight excluding hydrogens is 963 g/mol. The molecule has 444 valence electrons. The summed E-state index contributed by atoms with van der Waals surface area (Å²) in [6.07, 6.45) is 37.7. The van der Waals surface area contributed by atoms with Crippen LogP contribution in [0.15, 0.2) is 47.6 Å². The number of aldehydes is 1. The van der Waals surface area contributed by atoms with Crippen LogP contribution in [-0.2, 0) is 38.2 Å². The molecule has 0 aromatic heterocycles. The van der Waals surface area contributed by atoms with E-state index >= 15 is 0 Å². The van der Waals surface area contributed by atoms with Crippen LogP contribution in [0.25, 0.3) is 0 Å². The quantitative estimate of drug-likeness (QED) is 0.0207. The zero-order valence-electron chi connectivity index (χ0n) is 51.0. The van der Waals surface area contributed by atoms with E-state index in [0.29, 0.717) is 70.1 Å². The number of carbonyl (C=O) groups excluding carboxylic acids is 5. The van der Waals surface area contributed by atoms with Crippen molar-refractivity contribution in [3.63, 3.8) is 0 Å². The maximum Gasteiger partial charge on any atom is 0.306 e. The molecule has 0 unspecified atom stereocenters. The number of likely N-dealkylation sites (N-methyl/N-ethyl adjacent to an activating group) is 1. The fraction of sp³-hybridized carbons (Fsp3) is 0.803. The zero-order chi connectivity index (χ0) is 56.9. The number of allylic oxidation sites excluding steroid dienone is 4. The Labute approximate surface area is 472 Å². The summed E-state index contributed by atoms with van der Waals surface area (Å²) < 4.78 is 17.2. The van der Waals surface area contributed by atoms with Crippen LogP contribution >= 0.6 is 0 Å². The molecular formula is C66H117N3O8. The van der Waals surface area contributed by atoms with E-state index in [-0.39, 0.29) is 42.8 Å². The van der Waals surface area contributed by atoms with E-state index < -0.39 is 5.54 Å². The summed E-state index contributed by atoms with van der Waals surface area (Å²) in [5.41, 5.74) is 3.95. The molecule has 0 saturated carbocycles. The van der Waals surface area contributed by atoms with Crippen molar-refractivity contribution in [3.8, 4) is 0 Å². The van der Waals surface area contributed by atoms with Crippen molar-refractivity contribution in [3.05, 3.63) is 47.6 Å². The number of amides is 1.